The van der Waals surface area contributed by atoms with Gasteiger partial charge in [-0.05, 0) is 49.2 Å². The van der Waals surface area contributed by atoms with Crippen molar-refractivity contribution in [3.8, 4) is 11.5 Å². The lowest BCUT2D eigenvalue weighted by molar-refractivity contribution is -0.111. The zero-order chi connectivity index (χ0) is 11.8. The number of hydrogen-bond acceptors (Lipinski definition) is 3. The molecule has 4 heteroatoms. The van der Waals surface area contributed by atoms with E-state index >= 15 is 0 Å². The summed E-state index contributed by atoms with van der Waals surface area (Å²) in [5, 5.41) is -0.324. The Kier molecular flexibility index (Phi) is 5.72. The Morgan fingerprint density at radius 1 is 1.19 bits per heavy atom. The fourth-order valence-electron chi connectivity index (χ4n) is 1.20. The standard InChI is InChI=1S/C12H15ClO3/c1-2-15-10-5-7-11(8-6-10)16-9-3-4-12(13)14/h5-8H,2-4,9H2,1H3. The van der Waals surface area contributed by atoms with Gasteiger partial charge in [-0.1, -0.05) is 0 Å². The third-order valence-corrected chi connectivity index (χ3v) is 2.11. The van der Waals surface area contributed by atoms with E-state index in [1.165, 1.54) is 0 Å². The molecule has 0 N–H and O–H groups in total. The van der Waals surface area contributed by atoms with Crippen LogP contribution < -0.4 is 9.47 Å². The van der Waals surface area contributed by atoms with Gasteiger partial charge in [0, 0.05) is 6.42 Å². The van der Waals surface area contributed by atoms with Crippen LogP contribution in [0.1, 0.15) is 19.8 Å². The average Bonchev–Trinajstić information content (AvgIpc) is 2.27. The lowest BCUT2D eigenvalue weighted by Crippen LogP contribution is -1.99. The summed E-state index contributed by atoms with van der Waals surface area (Å²) in [4.78, 5) is 10.5. The van der Waals surface area contributed by atoms with Crippen molar-refractivity contribution in [2.45, 2.75) is 19.8 Å². The molecule has 0 fully saturated rings. The number of benzene rings is 1. The predicted octanol–water partition coefficient (Wildman–Crippen LogP) is 3.01. The molecule has 0 radical (unpaired) electrons. The summed E-state index contributed by atoms with van der Waals surface area (Å²) in [5.74, 6) is 1.59. The first kappa shape index (κ1) is 12.8. The first-order chi connectivity index (χ1) is 7.72. The first-order valence-electron chi connectivity index (χ1n) is 5.26. The Bertz CT molecular complexity index is 322. The topological polar surface area (TPSA) is 35.5 Å². The highest BCUT2D eigenvalue weighted by molar-refractivity contribution is 6.63. The molecule has 0 atom stereocenters. The van der Waals surface area contributed by atoms with E-state index in [2.05, 4.69) is 0 Å². The van der Waals surface area contributed by atoms with E-state index in [0.29, 0.717) is 26.1 Å². The van der Waals surface area contributed by atoms with E-state index in [1.54, 1.807) is 0 Å². The van der Waals surface area contributed by atoms with Crippen LogP contribution in [0.2, 0.25) is 0 Å². The number of carbonyl (C=O) groups is 1. The van der Waals surface area contributed by atoms with Crippen LogP contribution in [0, 0.1) is 0 Å². The summed E-state index contributed by atoms with van der Waals surface area (Å²) < 4.78 is 10.7. The molecule has 0 spiro atoms. The average molecular weight is 243 g/mol. The van der Waals surface area contributed by atoms with Crippen LogP contribution in [0.25, 0.3) is 0 Å². The minimum Gasteiger partial charge on any atom is -0.494 e. The monoisotopic (exact) mass is 242 g/mol. The predicted molar refractivity (Wildman–Crippen MR) is 63.2 cm³/mol. The van der Waals surface area contributed by atoms with Gasteiger partial charge in [-0.25, -0.2) is 0 Å². The van der Waals surface area contributed by atoms with Crippen LogP contribution in [-0.4, -0.2) is 18.5 Å². The minimum atomic E-state index is -0.324. The highest BCUT2D eigenvalue weighted by atomic mass is 35.5. The smallest absolute Gasteiger partial charge is 0.221 e. The summed E-state index contributed by atoms with van der Waals surface area (Å²) >= 11 is 5.20. The summed E-state index contributed by atoms with van der Waals surface area (Å²) in [6, 6.07) is 7.39. The molecule has 1 rings (SSSR count). The number of carbonyl (C=O) groups excluding carboxylic acids is 1. The second-order valence-corrected chi connectivity index (χ2v) is 3.63. The molecule has 0 aliphatic rings. The van der Waals surface area contributed by atoms with Crippen molar-refractivity contribution in [1.29, 1.82) is 0 Å². The number of hydrogen-bond donors (Lipinski definition) is 0. The van der Waals surface area contributed by atoms with Gasteiger partial charge in [-0.2, -0.15) is 0 Å². The minimum absolute atomic E-state index is 0.324. The van der Waals surface area contributed by atoms with E-state index in [9.17, 15) is 4.79 Å². The molecule has 3 nitrogen and oxygen atoms in total. The second kappa shape index (κ2) is 7.12. The molecule has 0 heterocycles. The summed E-state index contributed by atoms with van der Waals surface area (Å²) in [6.07, 6.45) is 0.980. The van der Waals surface area contributed by atoms with E-state index in [-0.39, 0.29) is 5.24 Å². The molecule has 16 heavy (non-hydrogen) atoms. The first-order valence-corrected chi connectivity index (χ1v) is 5.64. The molecule has 0 bridgehead atoms. The van der Waals surface area contributed by atoms with E-state index in [0.717, 1.165) is 11.5 Å². The largest absolute Gasteiger partial charge is 0.494 e. The van der Waals surface area contributed by atoms with Crippen LogP contribution in [-0.2, 0) is 4.79 Å². The second-order valence-electron chi connectivity index (χ2n) is 3.21. The molecule has 0 aromatic heterocycles. The quantitative estimate of drug-likeness (QED) is 0.545. The van der Waals surface area contributed by atoms with Gasteiger partial charge < -0.3 is 9.47 Å². The van der Waals surface area contributed by atoms with Gasteiger partial charge in [0.2, 0.25) is 5.24 Å². The maximum atomic E-state index is 10.5. The van der Waals surface area contributed by atoms with Gasteiger partial charge in [-0.3, -0.25) is 4.79 Å². The van der Waals surface area contributed by atoms with Gasteiger partial charge in [0.05, 0.1) is 13.2 Å². The van der Waals surface area contributed by atoms with E-state index in [1.807, 2.05) is 31.2 Å². The van der Waals surface area contributed by atoms with Gasteiger partial charge in [0.25, 0.3) is 0 Å². The van der Waals surface area contributed by atoms with Crippen LogP contribution >= 0.6 is 11.6 Å². The van der Waals surface area contributed by atoms with Crippen LogP contribution in [0.3, 0.4) is 0 Å². The third kappa shape index (κ3) is 5.03. The molecular formula is C12H15ClO3. The third-order valence-electron chi connectivity index (χ3n) is 1.92. The Hall–Kier alpha value is -1.22. The Morgan fingerprint density at radius 3 is 2.25 bits per heavy atom. The zero-order valence-electron chi connectivity index (χ0n) is 9.24. The normalized spacial score (nSPS) is 9.88. The molecule has 0 aliphatic carbocycles. The SMILES string of the molecule is CCOc1ccc(OCCCC(=O)Cl)cc1. The summed E-state index contributed by atoms with van der Waals surface area (Å²) in [5.41, 5.74) is 0. The molecule has 1 aromatic rings. The van der Waals surface area contributed by atoms with Gasteiger partial charge in [-0.15, -0.1) is 0 Å². The highest BCUT2D eigenvalue weighted by Crippen LogP contribution is 2.17. The van der Waals surface area contributed by atoms with Gasteiger partial charge in [0.1, 0.15) is 11.5 Å². The number of halogens is 1. The van der Waals surface area contributed by atoms with Crippen molar-refractivity contribution in [3.05, 3.63) is 24.3 Å². The molecule has 1 aromatic carbocycles. The molecule has 0 aliphatic heterocycles. The van der Waals surface area contributed by atoms with Crippen molar-refractivity contribution in [3.63, 3.8) is 0 Å². The van der Waals surface area contributed by atoms with E-state index in [4.69, 9.17) is 21.1 Å². The number of ether oxygens (including phenoxy) is 2. The maximum Gasteiger partial charge on any atom is 0.221 e. The van der Waals surface area contributed by atoms with Crippen molar-refractivity contribution >= 4 is 16.8 Å². The maximum absolute atomic E-state index is 10.5. The van der Waals surface area contributed by atoms with Gasteiger partial charge >= 0.3 is 0 Å². The van der Waals surface area contributed by atoms with Crippen molar-refractivity contribution in [2.75, 3.05) is 13.2 Å². The molecule has 0 amide bonds. The zero-order valence-corrected chi connectivity index (χ0v) is 10.00. The van der Waals surface area contributed by atoms with Crippen LogP contribution in [0.15, 0.2) is 24.3 Å². The van der Waals surface area contributed by atoms with Crippen molar-refractivity contribution in [1.82, 2.24) is 0 Å². The summed E-state index contributed by atoms with van der Waals surface area (Å²) in [6.45, 7) is 3.08. The Balaban J connectivity index is 2.29. The highest BCUT2D eigenvalue weighted by Gasteiger charge is 1.98. The molecular weight excluding hydrogens is 228 g/mol. The fraction of sp³-hybridized carbons (Fsp3) is 0.417. The summed E-state index contributed by atoms with van der Waals surface area (Å²) in [7, 11) is 0. The fourth-order valence-corrected chi connectivity index (χ4v) is 1.33. The molecule has 0 saturated carbocycles. The molecule has 0 unspecified atom stereocenters. The number of rotatable bonds is 7. The van der Waals surface area contributed by atoms with Crippen LogP contribution in [0.5, 0.6) is 11.5 Å². The van der Waals surface area contributed by atoms with Crippen LogP contribution in [0.4, 0.5) is 0 Å². The Labute approximate surface area is 100 Å². The van der Waals surface area contributed by atoms with Crippen molar-refractivity contribution in [2.24, 2.45) is 0 Å². The molecule has 88 valence electrons. The lowest BCUT2D eigenvalue weighted by Gasteiger charge is -2.06. The lowest BCUT2D eigenvalue weighted by atomic mass is 10.3. The van der Waals surface area contributed by atoms with Crippen molar-refractivity contribution < 1.29 is 14.3 Å². The Morgan fingerprint density at radius 2 is 1.75 bits per heavy atom. The van der Waals surface area contributed by atoms with Gasteiger partial charge in [0.15, 0.2) is 0 Å². The molecule has 0 saturated heterocycles. The van der Waals surface area contributed by atoms with E-state index < -0.39 is 0 Å².